The fourth-order valence-corrected chi connectivity index (χ4v) is 2.39. The first-order chi connectivity index (χ1) is 9.54. The fourth-order valence-electron chi connectivity index (χ4n) is 2.12. The predicted octanol–water partition coefficient (Wildman–Crippen LogP) is 4.85. The van der Waals surface area contributed by atoms with Gasteiger partial charge in [-0.2, -0.15) is 0 Å². The molecule has 0 unspecified atom stereocenters. The maximum atomic E-state index is 6.19. The lowest BCUT2D eigenvalue weighted by molar-refractivity contribution is 0.620. The summed E-state index contributed by atoms with van der Waals surface area (Å²) in [5.41, 5.74) is 9.92. The number of aromatic nitrogens is 1. The van der Waals surface area contributed by atoms with Gasteiger partial charge in [0.2, 0.25) is 5.89 Å². The van der Waals surface area contributed by atoms with E-state index in [0.717, 1.165) is 16.7 Å². The number of nitrogens with zero attached hydrogens (tertiary/aromatic N) is 1. The van der Waals surface area contributed by atoms with Crippen molar-refractivity contribution in [3.63, 3.8) is 0 Å². The monoisotopic (exact) mass is 286 g/mol. The first kappa shape index (κ1) is 13.0. The summed E-state index contributed by atoms with van der Waals surface area (Å²) >= 11 is 6.19. The Morgan fingerprint density at radius 3 is 2.65 bits per heavy atom. The molecule has 20 heavy (non-hydrogen) atoms. The number of hydrogen-bond acceptors (Lipinski definition) is 3. The van der Waals surface area contributed by atoms with Crippen molar-refractivity contribution >= 4 is 28.4 Å². The van der Waals surface area contributed by atoms with Crippen LogP contribution in [-0.4, -0.2) is 4.98 Å². The van der Waals surface area contributed by atoms with Crippen molar-refractivity contribution in [2.24, 2.45) is 0 Å². The Morgan fingerprint density at radius 2 is 1.95 bits per heavy atom. The van der Waals surface area contributed by atoms with Crippen LogP contribution in [0.15, 0.2) is 40.8 Å². The van der Waals surface area contributed by atoms with Gasteiger partial charge in [-0.3, -0.25) is 0 Å². The second-order valence-electron chi connectivity index (χ2n) is 5.14. The minimum Gasteiger partial charge on any atom is -0.436 e. The van der Waals surface area contributed by atoms with E-state index in [2.05, 4.69) is 31.0 Å². The van der Waals surface area contributed by atoms with Crippen LogP contribution in [0.4, 0.5) is 5.69 Å². The Balaban J connectivity index is 2.13. The van der Waals surface area contributed by atoms with Gasteiger partial charge in [-0.1, -0.05) is 31.5 Å². The van der Waals surface area contributed by atoms with Crippen molar-refractivity contribution in [1.82, 2.24) is 4.98 Å². The van der Waals surface area contributed by atoms with Gasteiger partial charge in [-0.15, -0.1) is 0 Å². The van der Waals surface area contributed by atoms with Crippen LogP contribution >= 0.6 is 11.6 Å². The third kappa shape index (κ3) is 2.25. The molecule has 2 aromatic carbocycles. The number of hydrogen-bond donors (Lipinski definition) is 1. The third-order valence-corrected chi connectivity index (χ3v) is 3.61. The summed E-state index contributed by atoms with van der Waals surface area (Å²) in [6.07, 6.45) is 0. The molecule has 0 atom stereocenters. The van der Waals surface area contributed by atoms with E-state index >= 15 is 0 Å². The number of fused-ring (bicyclic) bond motifs is 1. The van der Waals surface area contributed by atoms with Crippen LogP contribution in [0, 0.1) is 0 Å². The van der Waals surface area contributed by atoms with Crippen LogP contribution in [0.5, 0.6) is 0 Å². The molecular formula is C16H15ClN2O. The van der Waals surface area contributed by atoms with Crippen molar-refractivity contribution in [3.05, 3.63) is 47.0 Å². The number of nitrogens with two attached hydrogens (primary N) is 1. The van der Waals surface area contributed by atoms with Crippen molar-refractivity contribution in [3.8, 4) is 11.5 Å². The van der Waals surface area contributed by atoms with Crippen molar-refractivity contribution in [2.75, 3.05) is 5.73 Å². The largest absolute Gasteiger partial charge is 0.436 e. The average Bonchev–Trinajstić information content (AvgIpc) is 2.80. The van der Waals surface area contributed by atoms with Gasteiger partial charge in [-0.05, 0) is 41.8 Å². The lowest BCUT2D eigenvalue weighted by Gasteiger charge is -2.02. The Kier molecular flexibility index (Phi) is 3.14. The summed E-state index contributed by atoms with van der Waals surface area (Å²) in [6, 6.07) is 11.4. The van der Waals surface area contributed by atoms with Gasteiger partial charge in [0.05, 0.1) is 10.6 Å². The molecule has 0 spiro atoms. The molecule has 0 fully saturated rings. The lowest BCUT2D eigenvalue weighted by Crippen LogP contribution is -1.86. The summed E-state index contributed by atoms with van der Waals surface area (Å²) in [4.78, 5) is 4.52. The second kappa shape index (κ2) is 4.84. The Morgan fingerprint density at radius 1 is 1.15 bits per heavy atom. The summed E-state index contributed by atoms with van der Waals surface area (Å²) in [7, 11) is 0. The van der Waals surface area contributed by atoms with Gasteiger partial charge in [-0.25, -0.2) is 4.98 Å². The van der Waals surface area contributed by atoms with E-state index in [0.29, 0.717) is 22.5 Å². The standard InChI is InChI=1S/C16H15ClN2O/c1-9(2)10-3-6-15-14(7-10)19-16(20-15)12-5-4-11(18)8-13(12)17/h3-9H,18H2,1-2H3. The average molecular weight is 287 g/mol. The number of rotatable bonds is 2. The summed E-state index contributed by atoms with van der Waals surface area (Å²) in [5.74, 6) is 0.977. The zero-order valence-corrected chi connectivity index (χ0v) is 12.1. The molecule has 2 N–H and O–H groups in total. The smallest absolute Gasteiger partial charge is 0.228 e. The number of nitrogen functional groups attached to an aromatic ring is 1. The highest BCUT2D eigenvalue weighted by Gasteiger charge is 2.12. The second-order valence-corrected chi connectivity index (χ2v) is 5.55. The highest BCUT2D eigenvalue weighted by molar-refractivity contribution is 6.33. The molecule has 3 nitrogen and oxygen atoms in total. The van der Waals surface area contributed by atoms with Crippen LogP contribution in [0.3, 0.4) is 0 Å². The molecule has 0 aliphatic carbocycles. The van der Waals surface area contributed by atoms with E-state index in [1.807, 2.05) is 12.1 Å². The van der Waals surface area contributed by atoms with Gasteiger partial charge in [0, 0.05) is 5.69 Å². The Hall–Kier alpha value is -2.00. The van der Waals surface area contributed by atoms with Crippen molar-refractivity contribution < 1.29 is 4.42 Å². The van der Waals surface area contributed by atoms with E-state index in [1.165, 1.54) is 5.56 Å². The topological polar surface area (TPSA) is 52.0 Å². The van der Waals surface area contributed by atoms with E-state index in [9.17, 15) is 0 Å². The van der Waals surface area contributed by atoms with Crippen LogP contribution in [-0.2, 0) is 0 Å². The molecule has 1 aromatic heterocycles. The van der Waals surface area contributed by atoms with E-state index < -0.39 is 0 Å². The number of anilines is 1. The molecule has 0 saturated heterocycles. The molecule has 1 heterocycles. The van der Waals surface area contributed by atoms with Crippen molar-refractivity contribution in [2.45, 2.75) is 19.8 Å². The van der Waals surface area contributed by atoms with Gasteiger partial charge in [0.25, 0.3) is 0 Å². The molecule has 0 amide bonds. The summed E-state index contributed by atoms with van der Waals surface area (Å²) in [5, 5.41) is 0.542. The van der Waals surface area contributed by atoms with Crippen LogP contribution in [0.2, 0.25) is 5.02 Å². The van der Waals surface area contributed by atoms with E-state index in [-0.39, 0.29) is 0 Å². The SMILES string of the molecule is CC(C)c1ccc2oc(-c3ccc(N)cc3Cl)nc2c1. The lowest BCUT2D eigenvalue weighted by atomic mass is 10.0. The first-order valence-electron chi connectivity index (χ1n) is 6.50. The maximum absolute atomic E-state index is 6.19. The number of benzene rings is 2. The Bertz CT molecular complexity index is 777. The first-order valence-corrected chi connectivity index (χ1v) is 6.88. The highest BCUT2D eigenvalue weighted by Crippen LogP contribution is 2.32. The zero-order valence-electron chi connectivity index (χ0n) is 11.4. The maximum Gasteiger partial charge on any atom is 0.228 e. The molecule has 0 bridgehead atoms. The molecule has 0 radical (unpaired) electrons. The quantitative estimate of drug-likeness (QED) is 0.685. The van der Waals surface area contributed by atoms with Crippen molar-refractivity contribution in [1.29, 1.82) is 0 Å². The highest BCUT2D eigenvalue weighted by atomic mass is 35.5. The van der Waals surface area contributed by atoms with Crippen LogP contribution in [0.25, 0.3) is 22.6 Å². The molecule has 3 aromatic rings. The molecule has 3 rings (SSSR count). The van der Waals surface area contributed by atoms with E-state index in [4.69, 9.17) is 21.8 Å². The van der Waals surface area contributed by atoms with Gasteiger partial charge < -0.3 is 10.2 Å². The zero-order chi connectivity index (χ0) is 14.3. The molecule has 4 heteroatoms. The third-order valence-electron chi connectivity index (χ3n) is 3.30. The van der Waals surface area contributed by atoms with Crippen LogP contribution < -0.4 is 5.73 Å². The molecule has 0 aliphatic rings. The Labute approximate surface area is 122 Å². The predicted molar refractivity (Wildman–Crippen MR) is 83.0 cm³/mol. The van der Waals surface area contributed by atoms with Gasteiger partial charge >= 0.3 is 0 Å². The fraction of sp³-hybridized carbons (Fsp3) is 0.188. The molecule has 102 valence electrons. The minimum atomic E-state index is 0.458. The number of oxazole rings is 1. The van der Waals surface area contributed by atoms with Crippen LogP contribution in [0.1, 0.15) is 25.3 Å². The van der Waals surface area contributed by atoms with Gasteiger partial charge in [0.1, 0.15) is 5.52 Å². The summed E-state index contributed by atoms with van der Waals surface area (Å²) < 4.78 is 5.77. The molecule has 0 aliphatic heterocycles. The molecule has 0 saturated carbocycles. The summed E-state index contributed by atoms with van der Waals surface area (Å²) in [6.45, 7) is 4.30. The minimum absolute atomic E-state index is 0.458. The number of halogens is 1. The molecular weight excluding hydrogens is 272 g/mol. The van der Waals surface area contributed by atoms with E-state index in [1.54, 1.807) is 12.1 Å². The normalized spacial score (nSPS) is 11.4. The van der Waals surface area contributed by atoms with Gasteiger partial charge in [0.15, 0.2) is 5.58 Å².